The Labute approximate surface area is 100 Å². The summed E-state index contributed by atoms with van der Waals surface area (Å²) in [5, 5.41) is 17.0. The summed E-state index contributed by atoms with van der Waals surface area (Å²) in [6, 6.07) is 1.84. The molecule has 1 fully saturated rings. The van der Waals surface area contributed by atoms with Gasteiger partial charge in [0.2, 0.25) is 0 Å². The van der Waals surface area contributed by atoms with Crippen LogP contribution in [0.2, 0.25) is 0 Å². The predicted molar refractivity (Wildman–Crippen MR) is 64.3 cm³/mol. The summed E-state index contributed by atoms with van der Waals surface area (Å²) in [7, 11) is 0. The molecule has 1 saturated heterocycles. The summed E-state index contributed by atoms with van der Waals surface area (Å²) < 4.78 is 0. The van der Waals surface area contributed by atoms with E-state index in [0.717, 1.165) is 19.4 Å². The van der Waals surface area contributed by atoms with Gasteiger partial charge in [-0.2, -0.15) is 5.10 Å². The molecule has 0 saturated carbocycles. The topological polar surface area (TPSA) is 66.3 Å². The molecule has 1 aromatic rings. The van der Waals surface area contributed by atoms with Crippen LogP contribution in [0.4, 0.5) is 5.82 Å². The quantitative estimate of drug-likeness (QED) is 0.848. The number of nitrogens with zero attached hydrogens (tertiary/aromatic N) is 3. The maximum absolute atomic E-state index is 11.2. The molecular formula is C12H17N3O2. The maximum atomic E-state index is 11.2. The first-order chi connectivity index (χ1) is 8.20. The number of rotatable bonds is 2. The van der Waals surface area contributed by atoms with Crippen LogP contribution in [-0.2, 0) is 0 Å². The van der Waals surface area contributed by atoms with Gasteiger partial charge in [-0.05, 0) is 25.8 Å². The Morgan fingerprint density at radius 1 is 1.47 bits per heavy atom. The van der Waals surface area contributed by atoms with Crippen LogP contribution in [0.5, 0.6) is 0 Å². The van der Waals surface area contributed by atoms with Crippen molar-refractivity contribution >= 4 is 11.8 Å². The molecule has 2 heterocycles. The van der Waals surface area contributed by atoms with Crippen molar-refractivity contribution in [3.63, 3.8) is 0 Å². The van der Waals surface area contributed by atoms with Gasteiger partial charge in [0.05, 0.1) is 6.20 Å². The van der Waals surface area contributed by atoms with Crippen LogP contribution in [0.1, 0.15) is 43.0 Å². The lowest BCUT2D eigenvalue weighted by atomic mass is 10.1. The molecular weight excluding hydrogens is 218 g/mol. The summed E-state index contributed by atoms with van der Waals surface area (Å²) in [6.45, 7) is 2.98. The highest BCUT2D eigenvalue weighted by Crippen LogP contribution is 2.24. The summed E-state index contributed by atoms with van der Waals surface area (Å²) in [5.74, 6) is -0.430. The van der Waals surface area contributed by atoms with E-state index in [1.807, 2.05) is 0 Å². The number of carboxylic acids is 1. The molecule has 92 valence electrons. The van der Waals surface area contributed by atoms with Crippen molar-refractivity contribution in [3.05, 3.63) is 17.8 Å². The number of aromatic nitrogens is 2. The molecule has 0 radical (unpaired) electrons. The first-order valence-corrected chi connectivity index (χ1v) is 6.02. The molecule has 1 aliphatic rings. The van der Waals surface area contributed by atoms with Crippen molar-refractivity contribution in [2.75, 3.05) is 11.4 Å². The lowest BCUT2D eigenvalue weighted by Crippen LogP contribution is -2.34. The molecule has 0 bridgehead atoms. The number of aromatic carboxylic acids is 1. The van der Waals surface area contributed by atoms with Gasteiger partial charge >= 0.3 is 5.97 Å². The zero-order valence-electron chi connectivity index (χ0n) is 9.96. The van der Waals surface area contributed by atoms with E-state index < -0.39 is 5.97 Å². The summed E-state index contributed by atoms with van der Waals surface area (Å²) in [4.78, 5) is 13.2. The zero-order chi connectivity index (χ0) is 12.3. The van der Waals surface area contributed by atoms with E-state index in [1.54, 1.807) is 0 Å². The smallest absolute Gasteiger partial charge is 0.339 e. The number of hydrogen-bond donors (Lipinski definition) is 1. The van der Waals surface area contributed by atoms with Crippen molar-refractivity contribution in [2.24, 2.45) is 0 Å². The standard InChI is InChI=1S/C12H17N3O2/c1-9-5-3-2-4-8-15(9)11-10(12(16)17)6-7-13-14-11/h6-7,9H,2-5,8H2,1H3,(H,16,17). The van der Waals surface area contributed by atoms with E-state index in [-0.39, 0.29) is 5.56 Å². The predicted octanol–water partition coefficient (Wildman–Crippen LogP) is 1.94. The molecule has 1 aliphatic heterocycles. The monoisotopic (exact) mass is 235 g/mol. The number of carbonyl (C=O) groups is 1. The SMILES string of the molecule is CC1CCCCCN1c1nnccc1C(=O)O. The second-order valence-corrected chi connectivity index (χ2v) is 4.47. The molecule has 2 rings (SSSR count). The molecule has 1 unspecified atom stereocenters. The van der Waals surface area contributed by atoms with Crippen molar-refractivity contribution in [3.8, 4) is 0 Å². The molecule has 1 aromatic heterocycles. The molecule has 1 atom stereocenters. The third-order valence-electron chi connectivity index (χ3n) is 3.26. The highest BCUT2D eigenvalue weighted by Gasteiger charge is 2.23. The van der Waals surface area contributed by atoms with Crippen LogP contribution in [0.25, 0.3) is 0 Å². The highest BCUT2D eigenvalue weighted by atomic mass is 16.4. The first kappa shape index (κ1) is 11.8. The average Bonchev–Trinajstić information content (AvgIpc) is 2.54. The van der Waals surface area contributed by atoms with Crippen LogP contribution in [0.15, 0.2) is 12.3 Å². The molecule has 5 nitrogen and oxygen atoms in total. The average molecular weight is 235 g/mol. The van der Waals surface area contributed by atoms with Crippen molar-refractivity contribution in [1.29, 1.82) is 0 Å². The van der Waals surface area contributed by atoms with Gasteiger partial charge in [0, 0.05) is 12.6 Å². The van der Waals surface area contributed by atoms with E-state index in [4.69, 9.17) is 5.11 Å². The van der Waals surface area contributed by atoms with Crippen LogP contribution >= 0.6 is 0 Å². The van der Waals surface area contributed by atoms with Gasteiger partial charge in [0.15, 0.2) is 5.82 Å². The molecule has 0 aliphatic carbocycles. The fourth-order valence-electron chi connectivity index (χ4n) is 2.29. The summed E-state index contributed by atoms with van der Waals surface area (Å²) in [6.07, 6.45) is 5.98. The van der Waals surface area contributed by atoms with E-state index in [1.165, 1.54) is 25.1 Å². The van der Waals surface area contributed by atoms with E-state index in [0.29, 0.717) is 11.9 Å². The second kappa shape index (κ2) is 5.12. The largest absolute Gasteiger partial charge is 0.478 e. The fourth-order valence-corrected chi connectivity index (χ4v) is 2.29. The molecule has 1 N–H and O–H groups in total. The lowest BCUT2D eigenvalue weighted by Gasteiger charge is -2.28. The fraction of sp³-hybridized carbons (Fsp3) is 0.583. The molecule has 0 spiro atoms. The normalized spacial score (nSPS) is 21.0. The highest BCUT2D eigenvalue weighted by molar-refractivity contribution is 5.93. The number of hydrogen-bond acceptors (Lipinski definition) is 4. The van der Waals surface area contributed by atoms with E-state index in [9.17, 15) is 4.79 Å². The van der Waals surface area contributed by atoms with Crippen molar-refractivity contribution in [2.45, 2.75) is 38.6 Å². The molecule has 5 heteroatoms. The Morgan fingerprint density at radius 3 is 3.06 bits per heavy atom. The summed E-state index contributed by atoms with van der Waals surface area (Å²) in [5.41, 5.74) is 0.244. The lowest BCUT2D eigenvalue weighted by molar-refractivity contribution is 0.0697. The van der Waals surface area contributed by atoms with Crippen LogP contribution in [0.3, 0.4) is 0 Å². The number of carboxylic acid groups (broad SMARTS) is 1. The minimum absolute atomic E-state index is 0.244. The van der Waals surface area contributed by atoms with Crippen molar-refractivity contribution < 1.29 is 9.90 Å². The van der Waals surface area contributed by atoms with Gasteiger partial charge in [-0.3, -0.25) is 0 Å². The van der Waals surface area contributed by atoms with Gasteiger partial charge in [-0.1, -0.05) is 12.8 Å². The van der Waals surface area contributed by atoms with Gasteiger partial charge in [-0.25, -0.2) is 4.79 Å². The Morgan fingerprint density at radius 2 is 2.29 bits per heavy atom. The second-order valence-electron chi connectivity index (χ2n) is 4.47. The van der Waals surface area contributed by atoms with Gasteiger partial charge in [0.25, 0.3) is 0 Å². The first-order valence-electron chi connectivity index (χ1n) is 6.02. The van der Waals surface area contributed by atoms with E-state index in [2.05, 4.69) is 22.0 Å². The maximum Gasteiger partial charge on any atom is 0.339 e. The van der Waals surface area contributed by atoms with Gasteiger partial charge in [-0.15, -0.1) is 5.10 Å². The van der Waals surface area contributed by atoms with E-state index >= 15 is 0 Å². The van der Waals surface area contributed by atoms with Crippen LogP contribution < -0.4 is 4.90 Å². The van der Waals surface area contributed by atoms with Gasteiger partial charge in [0.1, 0.15) is 5.56 Å². The Balaban J connectivity index is 2.34. The van der Waals surface area contributed by atoms with Gasteiger partial charge < -0.3 is 10.0 Å². The minimum atomic E-state index is -0.939. The zero-order valence-corrected chi connectivity index (χ0v) is 9.96. The van der Waals surface area contributed by atoms with Crippen LogP contribution in [0, 0.1) is 0 Å². The minimum Gasteiger partial charge on any atom is -0.478 e. The number of anilines is 1. The Kier molecular flexibility index (Phi) is 3.56. The molecule has 0 amide bonds. The third kappa shape index (κ3) is 2.54. The molecule has 17 heavy (non-hydrogen) atoms. The summed E-state index contributed by atoms with van der Waals surface area (Å²) >= 11 is 0. The van der Waals surface area contributed by atoms with Crippen LogP contribution in [-0.4, -0.2) is 33.9 Å². The van der Waals surface area contributed by atoms with Crippen molar-refractivity contribution in [1.82, 2.24) is 10.2 Å². The third-order valence-corrected chi connectivity index (χ3v) is 3.26. The Bertz CT molecular complexity index is 408. The Hall–Kier alpha value is -1.65. The molecule has 0 aromatic carbocycles.